The van der Waals surface area contributed by atoms with Gasteiger partial charge in [-0.3, -0.25) is 23.9 Å². The van der Waals surface area contributed by atoms with Crippen molar-refractivity contribution in [1.82, 2.24) is 14.2 Å². The van der Waals surface area contributed by atoms with Crippen LogP contribution in [0.4, 0.5) is 10.6 Å². The van der Waals surface area contributed by atoms with E-state index in [4.69, 9.17) is 9.11 Å². The molecule has 4 aromatic rings. The average molecular weight is 747 g/mol. The van der Waals surface area contributed by atoms with Crippen molar-refractivity contribution in [3.05, 3.63) is 96.1 Å². The molecule has 3 aromatic carbocycles. The minimum absolute atomic E-state index is 0.0688. The summed E-state index contributed by atoms with van der Waals surface area (Å²) in [7, 11) is 0. The van der Waals surface area contributed by atoms with Crippen molar-refractivity contribution in [3.8, 4) is 0 Å². The molecule has 6 atom stereocenters. The van der Waals surface area contributed by atoms with Crippen molar-refractivity contribution in [2.45, 2.75) is 58.0 Å². The normalized spacial score (nSPS) is 27.4. The van der Waals surface area contributed by atoms with Gasteiger partial charge in [-0.05, 0) is 84.6 Å². The van der Waals surface area contributed by atoms with Crippen LogP contribution in [0.5, 0.6) is 0 Å². The van der Waals surface area contributed by atoms with Gasteiger partial charge in [-0.2, -0.15) is 4.37 Å². The third-order valence-electron chi connectivity index (χ3n) is 13.6. The molecule has 9 nitrogen and oxygen atoms in total. The number of carbonyl (C=O) groups excluding carboxylic acids is 3. The summed E-state index contributed by atoms with van der Waals surface area (Å²) in [5.41, 5.74) is 2.12. The van der Waals surface area contributed by atoms with Crippen LogP contribution in [0.15, 0.2) is 84.9 Å². The number of quaternary nitrogens is 1. The number of imide groups is 1. The lowest BCUT2D eigenvalue weighted by atomic mass is 9.78. The van der Waals surface area contributed by atoms with Crippen molar-refractivity contribution in [2.24, 2.45) is 35.5 Å². The van der Waals surface area contributed by atoms with E-state index in [-0.39, 0.29) is 35.7 Å². The third-order valence-corrected chi connectivity index (χ3v) is 14.4. The molecule has 6 unspecified atom stereocenters. The lowest BCUT2D eigenvalue weighted by Crippen LogP contribution is -2.63. The highest BCUT2D eigenvalue weighted by Gasteiger charge is 2.61. The summed E-state index contributed by atoms with van der Waals surface area (Å²) in [6, 6.07) is 28.7. The fraction of sp³-hybridized carbons (Fsp3) is 0.500. The van der Waals surface area contributed by atoms with Gasteiger partial charge in [0.15, 0.2) is 5.82 Å². The maximum atomic E-state index is 14.1. The SMILES string of the molecule is O=C(OC[N+]1(CC2CCCCC2CN2C(=O)C3C4CCC(C4)C3C2=O)CCN(c2nsc3ccccc23)CC1)N(Cc1ccccc1)Cc1ccccc1. The summed E-state index contributed by atoms with van der Waals surface area (Å²) in [5.74, 6) is 2.54. The minimum atomic E-state index is -0.303. The molecule has 54 heavy (non-hydrogen) atoms. The zero-order chi connectivity index (χ0) is 36.6. The molecule has 10 heteroatoms. The van der Waals surface area contributed by atoms with Crippen molar-refractivity contribution >= 4 is 45.3 Å². The maximum absolute atomic E-state index is 14.1. The van der Waals surface area contributed by atoms with E-state index in [2.05, 4.69) is 53.4 Å². The summed E-state index contributed by atoms with van der Waals surface area (Å²) < 4.78 is 13.2. The monoisotopic (exact) mass is 746 g/mol. The molecule has 5 fully saturated rings. The predicted octanol–water partition coefficient (Wildman–Crippen LogP) is 7.57. The second kappa shape index (κ2) is 15.1. The van der Waals surface area contributed by atoms with Crippen LogP contribution in [0.25, 0.3) is 10.1 Å². The van der Waals surface area contributed by atoms with Gasteiger partial charge in [-0.15, -0.1) is 0 Å². The predicted molar refractivity (Wildman–Crippen MR) is 210 cm³/mol. The highest BCUT2D eigenvalue weighted by Crippen LogP contribution is 2.56. The minimum Gasteiger partial charge on any atom is -0.399 e. The molecule has 2 saturated heterocycles. The van der Waals surface area contributed by atoms with E-state index in [1.807, 2.05) is 41.3 Å². The second-order valence-corrected chi connectivity index (χ2v) is 17.6. The molecule has 1 aromatic heterocycles. The van der Waals surface area contributed by atoms with Gasteiger partial charge in [0.1, 0.15) is 0 Å². The van der Waals surface area contributed by atoms with Crippen LogP contribution in [-0.2, 0) is 27.4 Å². The molecule has 0 radical (unpaired) electrons. The number of hydrogen-bond acceptors (Lipinski definition) is 7. The summed E-state index contributed by atoms with van der Waals surface area (Å²) in [5, 5.41) is 1.19. The van der Waals surface area contributed by atoms with Gasteiger partial charge in [-0.1, -0.05) is 85.6 Å². The van der Waals surface area contributed by atoms with Gasteiger partial charge in [0.2, 0.25) is 18.5 Å². The van der Waals surface area contributed by atoms with E-state index in [0.29, 0.717) is 48.6 Å². The number of rotatable bonds is 11. The summed E-state index contributed by atoms with van der Waals surface area (Å²) in [4.78, 5) is 47.6. The molecule has 0 N–H and O–H groups in total. The molecular formula is C44H52N5O4S+. The van der Waals surface area contributed by atoms with Crippen LogP contribution < -0.4 is 4.90 Å². The van der Waals surface area contributed by atoms with E-state index in [1.165, 1.54) is 10.1 Å². The lowest BCUT2D eigenvalue weighted by molar-refractivity contribution is -0.947. The molecule has 5 aliphatic rings. The summed E-state index contributed by atoms with van der Waals surface area (Å²) in [6.45, 7) is 5.93. The van der Waals surface area contributed by atoms with E-state index in [1.54, 1.807) is 16.4 Å². The zero-order valence-corrected chi connectivity index (χ0v) is 32.0. The number of fused-ring (bicyclic) bond motifs is 6. The van der Waals surface area contributed by atoms with E-state index in [9.17, 15) is 14.4 Å². The number of nitrogens with zero attached hydrogens (tertiary/aromatic N) is 5. The molecule has 3 aliphatic carbocycles. The van der Waals surface area contributed by atoms with E-state index in [0.717, 1.165) is 94.6 Å². The Labute approximate surface area is 322 Å². The average Bonchev–Trinajstić information content (AvgIpc) is 4.00. The van der Waals surface area contributed by atoms with Gasteiger partial charge < -0.3 is 9.64 Å². The van der Waals surface area contributed by atoms with Crippen molar-refractivity contribution in [3.63, 3.8) is 0 Å². The highest BCUT2D eigenvalue weighted by atomic mass is 32.1. The second-order valence-electron chi connectivity index (χ2n) is 16.8. The molecule has 2 bridgehead atoms. The lowest BCUT2D eigenvalue weighted by Gasteiger charge is -2.47. The Morgan fingerprint density at radius 3 is 2.02 bits per heavy atom. The van der Waals surface area contributed by atoms with Gasteiger partial charge in [0, 0.05) is 30.9 Å². The Morgan fingerprint density at radius 2 is 1.37 bits per heavy atom. The number of hydrogen-bond donors (Lipinski definition) is 0. The van der Waals surface area contributed by atoms with Gasteiger partial charge in [0.25, 0.3) is 0 Å². The number of likely N-dealkylation sites (tertiary alicyclic amines) is 1. The summed E-state index contributed by atoms with van der Waals surface area (Å²) in [6.07, 6.45) is 7.34. The van der Waals surface area contributed by atoms with Crippen molar-refractivity contribution in [2.75, 3.05) is 50.9 Å². The number of amides is 3. The van der Waals surface area contributed by atoms with Crippen LogP contribution in [-0.4, -0.2) is 82.6 Å². The molecule has 3 amide bonds. The molecule has 3 saturated carbocycles. The fourth-order valence-electron chi connectivity index (χ4n) is 10.8. The first kappa shape index (κ1) is 35.4. The van der Waals surface area contributed by atoms with Gasteiger partial charge >= 0.3 is 6.09 Å². The van der Waals surface area contributed by atoms with Gasteiger partial charge in [-0.25, -0.2) is 4.79 Å². The topological polar surface area (TPSA) is 83.0 Å². The van der Waals surface area contributed by atoms with E-state index < -0.39 is 0 Å². The van der Waals surface area contributed by atoms with Crippen LogP contribution in [0.3, 0.4) is 0 Å². The largest absolute Gasteiger partial charge is 0.414 e. The van der Waals surface area contributed by atoms with Crippen LogP contribution in [0.2, 0.25) is 0 Å². The molecule has 2 aliphatic heterocycles. The maximum Gasteiger partial charge on any atom is 0.414 e. The Morgan fingerprint density at radius 1 is 0.778 bits per heavy atom. The molecule has 0 spiro atoms. The first-order valence-corrected chi connectivity index (χ1v) is 21.0. The Kier molecular flexibility index (Phi) is 9.90. The molecular weight excluding hydrogens is 695 g/mol. The van der Waals surface area contributed by atoms with Crippen LogP contribution in [0.1, 0.15) is 56.1 Å². The first-order valence-electron chi connectivity index (χ1n) is 20.2. The number of piperazine rings is 1. The van der Waals surface area contributed by atoms with Crippen LogP contribution >= 0.6 is 11.5 Å². The standard InChI is InChI=1S/C44H52N5O4S/c50-42-39-33-19-20-34(25-33)40(39)43(51)48(42)28-35-15-7-8-16-36(35)29-49(23-21-46(22-24-49)41-37-17-9-10-18-38(37)54-45-41)30-53-44(52)47(26-31-11-3-1-4-12-31)27-32-13-5-2-6-14-32/h1-6,9-14,17-18,33-36,39-40H,7-8,15-16,19-30H2/q+1. The number of benzene rings is 3. The molecule has 9 rings (SSSR count). The quantitative estimate of drug-likeness (QED) is 0.116. The van der Waals surface area contributed by atoms with Crippen LogP contribution in [0, 0.1) is 35.5 Å². The van der Waals surface area contributed by atoms with Crippen molar-refractivity contribution in [1.29, 1.82) is 0 Å². The van der Waals surface area contributed by atoms with E-state index >= 15 is 0 Å². The highest BCUT2D eigenvalue weighted by molar-refractivity contribution is 7.13. The van der Waals surface area contributed by atoms with Gasteiger partial charge in [0.05, 0.1) is 49.3 Å². The van der Waals surface area contributed by atoms with Crippen molar-refractivity contribution < 1.29 is 23.6 Å². The Balaban J connectivity index is 0.944. The number of anilines is 1. The molecule has 282 valence electrons. The Bertz CT molecular complexity index is 1890. The Hall–Kier alpha value is -4.28. The zero-order valence-electron chi connectivity index (χ0n) is 31.1. The first-order chi connectivity index (χ1) is 26.4. The fourth-order valence-corrected chi connectivity index (χ4v) is 11.6. The smallest absolute Gasteiger partial charge is 0.399 e. The third kappa shape index (κ3) is 6.92. The summed E-state index contributed by atoms with van der Waals surface area (Å²) >= 11 is 1.55. The number of ether oxygens (including phenoxy) is 1. The number of aromatic nitrogens is 1. The molecule has 3 heterocycles. The number of carbonyl (C=O) groups is 3.